The normalized spacial score (nSPS) is 17.2. The van der Waals surface area contributed by atoms with E-state index in [0.717, 1.165) is 50.6 Å². The van der Waals surface area contributed by atoms with Crippen molar-refractivity contribution in [1.29, 1.82) is 0 Å². The van der Waals surface area contributed by atoms with Gasteiger partial charge in [0, 0.05) is 49.8 Å². The molecule has 0 bridgehead atoms. The summed E-state index contributed by atoms with van der Waals surface area (Å²) in [7, 11) is 0. The number of rotatable bonds is 4. The van der Waals surface area contributed by atoms with Crippen molar-refractivity contribution in [3.63, 3.8) is 0 Å². The van der Waals surface area contributed by atoms with E-state index in [2.05, 4.69) is 58.2 Å². The maximum absolute atomic E-state index is 5.90. The second-order valence-corrected chi connectivity index (χ2v) is 7.74. The van der Waals surface area contributed by atoms with Crippen molar-refractivity contribution in [2.75, 3.05) is 50.8 Å². The lowest BCUT2D eigenvalue weighted by Crippen LogP contribution is -2.47. The van der Waals surface area contributed by atoms with Gasteiger partial charge in [0.15, 0.2) is 11.5 Å². The quantitative estimate of drug-likeness (QED) is 0.754. The number of anilines is 1. The Morgan fingerprint density at radius 2 is 1.86 bits per heavy atom. The van der Waals surface area contributed by atoms with E-state index in [1.165, 1.54) is 27.7 Å². The Kier molecular flexibility index (Phi) is 4.61. The molecule has 5 heteroatoms. The van der Waals surface area contributed by atoms with Gasteiger partial charge in [-0.3, -0.25) is 4.90 Å². The molecule has 2 aromatic carbocycles. The lowest BCUT2D eigenvalue weighted by Gasteiger charge is -2.37. The molecule has 0 spiro atoms. The van der Waals surface area contributed by atoms with E-state index in [0.29, 0.717) is 13.2 Å². The fourth-order valence-electron chi connectivity index (χ4n) is 4.31. The van der Waals surface area contributed by atoms with E-state index in [1.807, 2.05) is 6.07 Å². The first-order valence-electron chi connectivity index (χ1n) is 10.2. The molecule has 1 N–H and O–H groups in total. The number of ether oxygens (including phenoxy) is 2. The number of hydrogen-bond acceptors (Lipinski definition) is 4. The van der Waals surface area contributed by atoms with Crippen LogP contribution in [0.4, 0.5) is 5.69 Å². The van der Waals surface area contributed by atoms with Crippen LogP contribution in [0.2, 0.25) is 0 Å². The smallest absolute Gasteiger partial charge is 0.184 e. The number of para-hydroxylation sites is 1. The van der Waals surface area contributed by atoms with Crippen molar-refractivity contribution in [2.45, 2.75) is 13.3 Å². The monoisotopic (exact) mass is 377 g/mol. The minimum Gasteiger partial charge on any atom is -0.486 e. The SMILES string of the molecule is Cc1ccc2c(CCN3CCN(c4cccc5c4OCCO5)CC3)c[nH]c2c1. The van der Waals surface area contributed by atoms with Gasteiger partial charge in [0.05, 0.1) is 5.69 Å². The third kappa shape index (κ3) is 3.31. The number of aromatic amines is 1. The van der Waals surface area contributed by atoms with Crippen molar-refractivity contribution in [3.05, 3.63) is 53.7 Å². The van der Waals surface area contributed by atoms with Gasteiger partial charge in [0.2, 0.25) is 0 Å². The number of fused-ring (bicyclic) bond motifs is 2. The van der Waals surface area contributed by atoms with Crippen LogP contribution < -0.4 is 14.4 Å². The van der Waals surface area contributed by atoms with Gasteiger partial charge in [-0.2, -0.15) is 0 Å². The average molecular weight is 377 g/mol. The molecule has 0 radical (unpaired) electrons. The van der Waals surface area contributed by atoms with Crippen molar-refractivity contribution in [1.82, 2.24) is 9.88 Å². The number of aromatic nitrogens is 1. The molecule has 5 rings (SSSR count). The number of benzene rings is 2. The second-order valence-electron chi connectivity index (χ2n) is 7.74. The summed E-state index contributed by atoms with van der Waals surface area (Å²) in [6.45, 7) is 8.70. The van der Waals surface area contributed by atoms with Crippen LogP contribution >= 0.6 is 0 Å². The van der Waals surface area contributed by atoms with Crippen LogP contribution in [-0.4, -0.2) is 55.8 Å². The van der Waals surface area contributed by atoms with Gasteiger partial charge in [0.25, 0.3) is 0 Å². The Bertz CT molecular complexity index is 973. The Hall–Kier alpha value is -2.66. The predicted octanol–water partition coefficient (Wildman–Crippen LogP) is 3.61. The lowest BCUT2D eigenvalue weighted by atomic mass is 10.1. The standard InChI is InChI=1S/C23H27N3O2/c1-17-5-6-19-18(16-24-20(19)15-17)7-8-25-9-11-26(12-10-25)21-3-2-4-22-23(21)28-14-13-27-22/h2-6,15-16,24H,7-14H2,1H3. The van der Waals surface area contributed by atoms with E-state index in [-0.39, 0.29) is 0 Å². The summed E-state index contributed by atoms with van der Waals surface area (Å²) in [5, 5.41) is 1.36. The van der Waals surface area contributed by atoms with Gasteiger partial charge in [-0.25, -0.2) is 0 Å². The van der Waals surface area contributed by atoms with Crippen LogP contribution in [0.3, 0.4) is 0 Å². The maximum atomic E-state index is 5.90. The minimum absolute atomic E-state index is 0.633. The van der Waals surface area contributed by atoms with E-state index < -0.39 is 0 Å². The summed E-state index contributed by atoms with van der Waals surface area (Å²) in [4.78, 5) is 8.42. The molecule has 0 saturated carbocycles. The molecule has 1 saturated heterocycles. The lowest BCUT2D eigenvalue weighted by molar-refractivity contribution is 0.171. The number of nitrogens with one attached hydrogen (secondary N) is 1. The highest BCUT2D eigenvalue weighted by molar-refractivity contribution is 5.83. The summed E-state index contributed by atoms with van der Waals surface area (Å²) in [5.41, 5.74) is 5.13. The summed E-state index contributed by atoms with van der Waals surface area (Å²) in [6.07, 6.45) is 3.26. The number of aryl methyl sites for hydroxylation is 1. The molecule has 2 aliphatic rings. The van der Waals surface area contributed by atoms with Crippen LogP contribution in [0.15, 0.2) is 42.6 Å². The Balaban J connectivity index is 1.21. The van der Waals surface area contributed by atoms with Crippen LogP contribution in [-0.2, 0) is 6.42 Å². The molecule has 0 atom stereocenters. The van der Waals surface area contributed by atoms with Gasteiger partial charge in [-0.05, 0) is 42.7 Å². The first kappa shape index (κ1) is 17.4. The molecule has 28 heavy (non-hydrogen) atoms. The van der Waals surface area contributed by atoms with E-state index in [4.69, 9.17) is 9.47 Å². The molecule has 3 aromatic rings. The van der Waals surface area contributed by atoms with E-state index >= 15 is 0 Å². The van der Waals surface area contributed by atoms with E-state index in [9.17, 15) is 0 Å². The van der Waals surface area contributed by atoms with Gasteiger partial charge in [0.1, 0.15) is 13.2 Å². The van der Waals surface area contributed by atoms with Crippen molar-refractivity contribution >= 4 is 16.6 Å². The molecule has 2 aliphatic heterocycles. The first-order valence-corrected chi connectivity index (χ1v) is 10.2. The number of H-pyrrole nitrogens is 1. The number of piperazine rings is 1. The van der Waals surface area contributed by atoms with Crippen LogP contribution in [0.25, 0.3) is 10.9 Å². The first-order chi connectivity index (χ1) is 13.8. The number of nitrogens with zero attached hydrogens (tertiary/aromatic N) is 2. The third-order valence-electron chi connectivity index (χ3n) is 5.88. The highest BCUT2D eigenvalue weighted by Crippen LogP contribution is 2.39. The molecule has 0 aliphatic carbocycles. The second kappa shape index (κ2) is 7.40. The van der Waals surface area contributed by atoms with Gasteiger partial charge >= 0.3 is 0 Å². The van der Waals surface area contributed by atoms with Gasteiger partial charge in [-0.15, -0.1) is 0 Å². The fourth-order valence-corrected chi connectivity index (χ4v) is 4.31. The Labute approximate surface area is 165 Å². The zero-order chi connectivity index (χ0) is 18.9. The largest absolute Gasteiger partial charge is 0.486 e. The molecule has 5 nitrogen and oxygen atoms in total. The zero-order valence-corrected chi connectivity index (χ0v) is 16.4. The van der Waals surface area contributed by atoms with E-state index in [1.54, 1.807) is 0 Å². The molecule has 1 fully saturated rings. The van der Waals surface area contributed by atoms with Crippen molar-refractivity contribution in [2.24, 2.45) is 0 Å². The van der Waals surface area contributed by atoms with Crippen LogP contribution in [0.1, 0.15) is 11.1 Å². The summed E-state index contributed by atoms with van der Waals surface area (Å²) in [5.74, 6) is 1.79. The molecule has 146 valence electrons. The summed E-state index contributed by atoms with van der Waals surface area (Å²) < 4.78 is 11.6. The predicted molar refractivity (Wildman–Crippen MR) is 113 cm³/mol. The highest BCUT2D eigenvalue weighted by Gasteiger charge is 2.23. The zero-order valence-electron chi connectivity index (χ0n) is 16.4. The van der Waals surface area contributed by atoms with Crippen molar-refractivity contribution < 1.29 is 9.47 Å². The molecule has 3 heterocycles. The Morgan fingerprint density at radius 3 is 2.75 bits per heavy atom. The molecule has 1 aromatic heterocycles. The molecular formula is C23H27N3O2. The summed E-state index contributed by atoms with van der Waals surface area (Å²) in [6, 6.07) is 12.9. The van der Waals surface area contributed by atoms with Gasteiger partial charge in [-0.1, -0.05) is 18.2 Å². The average Bonchev–Trinajstić information content (AvgIpc) is 3.14. The Morgan fingerprint density at radius 1 is 1.00 bits per heavy atom. The third-order valence-corrected chi connectivity index (χ3v) is 5.88. The topological polar surface area (TPSA) is 40.7 Å². The summed E-state index contributed by atoms with van der Waals surface area (Å²) >= 11 is 0. The van der Waals surface area contributed by atoms with Crippen LogP contribution in [0, 0.1) is 6.92 Å². The molecular weight excluding hydrogens is 350 g/mol. The molecule has 0 unspecified atom stereocenters. The van der Waals surface area contributed by atoms with Crippen LogP contribution in [0.5, 0.6) is 11.5 Å². The number of hydrogen-bond donors (Lipinski definition) is 1. The fraction of sp³-hybridized carbons (Fsp3) is 0.391. The maximum Gasteiger partial charge on any atom is 0.184 e. The minimum atomic E-state index is 0.633. The highest BCUT2D eigenvalue weighted by atomic mass is 16.6. The van der Waals surface area contributed by atoms with Crippen molar-refractivity contribution in [3.8, 4) is 11.5 Å². The van der Waals surface area contributed by atoms with Gasteiger partial charge < -0.3 is 19.4 Å². The molecule has 0 amide bonds.